The van der Waals surface area contributed by atoms with Crippen molar-refractivity contribution in [2.45, 2.75) is 13.8 Å². The third kappa shape index (κ3) is 4.21. The summed E-state index contributed by atoms with van der Waals surface area (Å²) in [5.74, 6) is 0.618. The maximum atomic E-state index is 12.3. The quantitative estimate of drug-likeness (QED) is 0.653. The first-order chi connectivity index (χ1) is 12.6. The van der Waals surface area contributed by atoms with E-state index in [0.717, 1.165) is 18.1 Å². The van der Waals surface area contributed by atoms with Crippen LogP contribution in [0.1, 0.15) is 22.8 Å². The summed E-state index contributed by atoms with van der Waals surface area (Å²) in [5, 5.41) is 3.37. The Kier molecular flexibility index (Phi) is 5.54. The van der Waals surface area contributed by atoms with Gasteiger partial charge in [-0.2, -0.15) is 0 Å². The lowest BCUT2D eigenvalue weighted by Crippen LogP contribution is -2.18. The highest BCUT2D eigenvalue weighted by atomic mass is 35.5. The summed E-state index contributed by atoms with van der Waals surface area (Å²) in [6.45, 7) is 4.95. The summed E-state index contributed by atoms with van der Waals surface area (Å²) in [7, 11) is 0. The molecule has 5 heteroatoms. The van der Waals surface area contributed by atoms with Crippen molar-refractivity contribution in [3.8, 4) is 0 Å². The molecule has 1 aromatic heterocycles. The molecule has 0 saturated heterocycles. The fourth-order valence-electron chi connectivity index (χ4n) is 2.73. The van der Waals surface area contributed by atoms with Crippen LogP contribution in [0.25, 0.3) is 0 Å². The molecule has 0 atom stereocenters. The second kappa shape index (κ2) is 8.02. The molecule has 1 N–H and O–H groups in total. The van der Waals surface area contributed by atoms with Crippen LogP contribution < -0.4 is 10.2 Å². The van der Waals surface area contributed by atoms with Gasteiger partial charge in [-0.15, -0.1) is 0 Å². The first-order valence-corrected chi connectivity index (χ1v) is 8.82. The Morgan fingerprint density at radius 2 is 1.92 bits per heavy atom. The maximum Gasteiger partial charge on any atom is 0.255 e. The summed E-state index contributed by atoms with van der Waals surface area (Å²) in [6.07, 6.45) is 1.66. The number of anilines is 3. The highest BCUT2D eigenvalue weighted by Crippen LogP contribution is 2.25. The number of rotatable bonds is 5. The standard InChI is InChI=1S/C21H20ClN3O/c1-3-25(19-9-4-6-15(2)12-19)20-11-10-18(14-23-20)24-21(26)16-7-5-8-17(22)13-16/h4-14H,3H2,1-2H3,(H,24,26). The van der Waals surface area contributed by atoms with Crippen LogP contribution in [0.15, 0.2) is 66.9 Å². The molecule has 132 valence electrons. The number of hydrogen-bond acceptors (Lipinski definition) is 3. The summed E-state index contributed by atoms with van der Waals surface area (Å²) in [6, 6.07) is 18.9. The zero-order valence-corrected chi connectivity index (χ0v) is 15.5. The minimum absolute atomic E-state index is 0.215. The molecule has 2 aromatic carbocycles. The Morgan fingerprint density at radius 1 is 1.12 bits per heavy atom. The smallest absolute Gasteiger partial charge is 0.255 e. The number of carbonyl (C=O) groups is 1. The maximum absolute atomic E-state index is 12.3. The molecule has 0 saturated carbocycles. The number of amides is 1. The van der Waals surface area contributed by atoms with Gasteiger partial charge in [-0.1, -0.05) is 29.8 Å². The Hall–Kier alpha value is -2.85. The monoisotopic (exact) mass is 365 g/mol. The van der Waals surface area contributed by atoms with E-state index in [2.05, 4.69) is 47.2 Å². The van der Waals surface area contributed by atoms with Gasteiger partial charge in [0.1, 0.15) is 5.82 Å². The van der Waals surface area contributed by atoms with Crippen molar-refractivity contribution in [3.63, 3.8) is 0 Å². The molecule has 26 heavy (non-hydrogen) atoms. The summed E-state index contributed by atoms with van der Waals surface area (Å²) < 4.78 is 0. The second-order valence-corrected chi connectivity index (χ2v) is 6.39. The molecule has 3 aromatic rings. The fourth-order valence-corrected chi connectivity index (χ4v) is 2.92. The molecule has 0 aliphatic rings. The summed E-state index contributed by atoms with van der Waals surface area (Å²) >= 11 is 5.93. The minimum Gasteiger partial charge on any atom is -0.327 e. The predicted octanol–water partition coefficient (Wildman–Crippen LogP) is 5.45. The molecule has 0 fully saturated rings. The van der Waals surface area contributed by atoms with Crippen molar-refractivity contribution in [1.29, 1.82) is 0 Å². The van der Waals surface area contributed by atoms with Crippen LogP contribution in [0.5, 0.6) is 0 Å². The van der Waals surface area contributed by atoms with Crippen LogP contribution >= 0.6 is 11.6 Å². The number of carbonyl (C=O) groups excluding carboxylic acids is 1. The van der Waals surface area contributed by atoms with Gasteiger partial charge in [-0.3, -0.25) is 4.79 Å². The molecule has 1 heterocycles. The molecular formula is C21H20ClN3O. The highest BCUT2D eigenvalue weighted by Gasteiger charge is 2.10. The van der Waals surface area contributed by atoms with E-state index in [-0.39, 0.29) is 5.91 Å². The van der Waals surface area contributed by atoms with Crippen molar-refractivity contribution < 1.29 is 4.79 Å². The van der Waals surface area contributed by atoms with E-state index < -0.39 is 0 Å². The molecule has 0 radical (unpaired) electrons. The number of benzene rings is 2. The van der Waals surface area contributed by atoms with Gasteiger partial charge in [0.15, 0.2) is 0 Å². The fraction of sp³-hybridized carbons (Fsp3) is 0.143. The molecule has 4 nitrogen and oxygen atoms in total. The lowest BCUT2D eigenvalue weighted by atomic mass is 10.2. The number of pyridine rings is 1. The minimum atomic E-state index is -0.215. The predicted molar refractivity (Wildman–Crippen MR) is 108 cm³/mol. The van der Waals surface area contributed by atoms with Crippen LogP contribution in [-0.4, -0.2) is 17.4 Å². The Labute approximate surface area is 158 Å². The normalized spacial score (nSPS) is 10.4. The number of halogens is 1. The average Bonchev–Trinajstić information content (AvgIpc) is 2.64. The first-order valence-electron chi connectivity index (χ1n) is 8.44. The second-order valence-electron chi connectivity index (χ2n) is 5.95. The number of aryl methyl sites for hydroxylation is 1. The van der Waals surface area contributed by atoms with Gasteiger partial charge < -0.3 is 10.2 Å². The third-order valence-corrected chi connectivity index (χ3v) is 4.23. The van der Waals surface area contributed by atoms with Crippen molar-refractivity contribution in [2.24, 2.45) is 0 Å². The molecule has 1 amide bonds. The van der Waals surface area contributed by atoms with E-state index in [4.69, 9.17) is 11.6 Å². The van der Waals surface area contributed by atoms with Crippen LogP contribution in [0.4, 0.5) is 17.2 Å². The summed E-state index contributed by atoms with van der Waals surface area (Å²) in [4.78, 5) is 18.9. The van der Waals surface area contributed by atoms with Crippen LogP contribution in [0.3, 0.4) is 0 Å². The Bertz CT molecular complexity index is 909. The van der Waals surface area contributed by atoms with E-state index in [1.807, 2.05) is 18.2 Å². The summed E-state index contributed by atoms with van der Waals surface area (Å²) in [5.41, 5.74) is 3.44. The molecule has 3 rings (SSSR count). The van der Waals surface area contributed by atoms with Crippen LogP contribution in [0.2, 0.25) is 5.02 Å². The Morgan fingerprint density at radius 3 is 2.58 bits per heavy atom. The van der Waals surface area contributed by atoms with Crippen molar-refractivity contribution >= 4 is 34.7 Å². The van der Waals surface area contributed by atoms with Gasteiger partial charge >= 0.3 is 0 Å². The number of nitrogens with zero attached hydrogens (tertiary/aromatic N) is 2. The largest absolute Gasteiger partial charge is 0.327 e. The van der Waals surface area contributed by atoms with Crippen molar-refractivity contribution in [1.82, 2.24) is 4.98 Å². The van der Waals surface area contributed by atoms with Gasteiger partial charge in [-0.25, -0.2) is 4.98 Å². The number of aromatic nitrogens is 1. The van der Waals surface area contributed by atoms with E-state index in [0.29, 0.717) is 16.3 Å². The molecule has 0 unspecified atom stereocenters. The Balaban J connectivity index is 1.76. The van der Waals surface area contributed by atoms with E-state index >= 15 is 0 Å². The SMILES string of the molecule is CCN(c1cccc(C)c1)c1ccc(NC(=O)c2cccc(Cl)c2)cn1. The van der Waals surface area contributed by atoms with Gasteiger partial charge in [0.2, 0.25) is 0 Å². The van der Waals surface area contributed by atoms with Gasteiger partial charge in [0, 0.05) is 22.8 Å². The van der Waals surface area contributed by atoms with E-state index in [1.54, 1.807) is 30.5 Å². The van der Waals surface area contributed by atoms with Crippen molar-refractivity contribution in [3.05, 3.63) is 83.0 Å². The van der Waals surface area contributed by atoms with E-state index in [9.17, 15) is 4.79 Å². The molecular weight excluding hydrogens is 346 g/mol. The zero-order chi connectivity index (χ0) is 18.5. The van der Waals surface area contributed by atoms with Gasteiger partial charge in [0.25, 0.3) is 5.91 Å². The van der Waals surface area contributed by atoms with E-state index in [1.165, 1.54) is 5.56 Å². The van der Waals surface area contributed by atoms with Crippen molar-refractivity contribution in [2.75, 3.05) is 16.8 Å². The molecule has 0 aliphatic carbocycles. The van der Waals surface area contributed by atoms with Gasteiger partial charge in [0.05, 0.1) is 11.9 Å². The number of hydrogen-bond donors (Lipinski definition) is 1. The average molecular weight is 366 g/mol. The lowest BCUT2D eigenvalue weighted by Gasteiger charge is -2.22. The molecule has 0 spiro atoms. The molecule has 0 bridgehead atoms. The molecule has 0 aliphatic heterocycles. The zero-order valence-electron chi connectivity index (χ0n) is 14.7. The topological polar surface area (TPSA) is 45.2 Å². The third-order valence-electron chi connectivity index (χ3n) is 4.00. The number of nitrogens with one attached hydrogen (secondary N) is 1. The van der Waals surface area contributed by atoms with Crippen LogP contribution in [0, 0.1) is 6.92 Å². The first kappa shape index (κ1) is 18.0. The van der Waals surface area contributed by atoms with Gasteiger partial charge in [-0.05, 0) is 61.9 Å². The van der Waals surface area contributed by atoms with Crippen LogP contribution in [-0.2, 0) is 0 Å². The highest BCUT2D eigenvalue weighted by molar-refractivity contribution is 6.31. The lowest BCUT2D eigenvalue weighted by molar-refractivity contribution is 0.102.